The first-order valence-electron chi connectivity index (χ1n) is 11.1. The van der Waals surface area contributed by atoms with Gasteiger partial charge in [0.1, 0.15) is 23.5 Å². The monoisotopic (exact) mass is 447 g/mol. The molecule has 0 bridgehead atoms. The molecule has 0 unspecified atom stereocenters. The van der Waals surface area contributed by atoms with Crippen molar-refractivity contribution in [1.82, 2.24) is 24.5 Å². The molecular weight excluding hydrogens is 421 g/mol. The smallest absolute Gasteiger partial charge is 0.219 e. The number of halogens is 1. The zero-order chi connectivity index (χ0) is 23.1. The lowest BCUT2D eigenvalue weighted by atomic mass is 10.0. The van der Waals surface area contributed by atoms with Gasteiger partial charge in [-0.2, -0.15) is 5.10 Å². The Balaban J connectivity index is 1.56. The van der Waals surface area contributed by atoms with Crippen molar-refractivity contribution in [2.24, 2.45) is 0 Å². The van der Waals surface area contributed by atoms with Gasteiger partial charge in [-0.3, -0.25) is 4.79 Å². The van der Waals surface area contributed by atoms with Gasteiger partial charge < -0.3 is 15.1 Å². The number of benzene rings is 1. The Labute approximate surface area is 191 Å². The molecule has 1 aliphatic rings. The second-order valence-corrected chi connectivity index (χ2v) is 8.45. The number of aryl methyl sites for hydroxylation is 1. The van der Waals surface area contributed by atoms with Crippen LogP contribution in [-0.2, 0) is 4.79 Å². The quantitative estimate of drug-likeness (QED) is 0.515. The summed E-state index contributed by atoms with van der Waals surface area (Å²) < 4.78 is 16.1. The number of carbonyl (C=O) groups excluding carboxylic acids is 1. The summed E-state index contributed by atoms with van der Waals surface area (Å²) in [6, 6.07) is 9.10. The zero-order valence-electron chi connectivity index (χ0n) is 18.9. The number of pyridine rings is 1. The Kier molecular flexibility index (Phi) is 5.32. The number of nitrogens with one attached hydrogen (secondary N) is 1. The number of hydrogen-bond acceptors (Lipinski definition) is 6. The van der Waals surface area contributed by atoms with Crippen LogP contribution < -0.4 is 10.2 Å². The van der Waals surface area contributed by atoms with Crippen LogP contribution in [0, 0.1) is 12.7 Å². The molecule has 1 amide bonds. The molecule has 4 heterocycles. The fourth-order valence-electron chi connectivity index (χ4n) is 4.43. The van der Waals surface area contributed by atoms with Crippen molar-refractivity contribution in [3.05, 3.63) is 59.8 Å². The zero-order valence-corrected chi connectivity index (χ0v) is 18.9. The van der Waals surface area contributed by atoms with Gasteiger partial charge in [-0.25, -0.2) is 18.9 Å². The highest BCUT2D eigenvalue weighted by atomic mass is 19.1. The highest BCUT2D eigenvalue weighted by Crippen LogP contribution is 2.33. The van der Waals surface area contributed by atoms with Crippen molar-refractivity contribution >= 4 is 34.0 Å². The summed E-state index contributed by atoms with van der Waals surface area (Å²) in [5, 5.41) is 8.63. The number of nitrogens with zero attached hydrogens (tertiary/aromatic N) is 6. The van der Waals surface area contributed by atoms with Crippen LogP contribution in [0.2, 0.25) is 0 Å². The van der Waals surface area contributed by atoms with Crippen LogP contribution in [0.25, 0.3) is 16.4 Å². The summed E-state index contributed by atoms with van der Waals surface area (Å²) in [6.45, 7) is 8.02. The van der Waals surface area contributed by atoms with Crippen molar-refractivity contribution in [3.8, 4) is 0 Å². The van der Waals surface area contributed by atoms with Crippen molar-refractivity contribution in [3.63, 3.8) is 0 Å². The first-order valence-corrected chi connectivity index (χ1v) is 11.1. The molecule has 3 aromatic heterocycles. The maximum atomic E-state index is 14.3. The molecule has 4 aromatic rings. The average Bonchev–Trinajstić information content (AvgIpc) is 3.31. The van der Waals surface area contributed by atoms with E-state index in [0.29, 0.717) is 37.3 Å². The largest absolute Gasteiger partial charge is 0.362 e. The third-order valence-electron chi connectivity index (χ3n) is 6.36. The van der Waals surface area contributed by atoms with Gasteiger partial charge in [0.2, 0.25) is 5.91 Å². The van der Waals surface area contributed by atoms with Gasteiger partial charge in [-0.15, -0.1) is 0 Å². The van der Waals surface area contributed by atoms with Crippen LogP contribution in [0.5, 0.6) is 0 Å². The first-order chi connectivity index (χ1) is 15.9. The molecule has 1 saturated heterocycles. The molecule has 5 rings (SSSR count). The van der Waals surface area contributed by atoms with E-state index in [1.54, 1.807) is 24.4 Å². The topological polar surface area (TPSA) is 78.7 Å². The molecule has 8 nitrogen and oxygen atoms in total. The maximum Gasteiger partial charge on any atom is 0.219 e. The summed E-state index contributed by atoms with van der Waals surface area (Å²) in [7, 11) is 0. The highest BCUT2D eigenvalue weighted by molar-refractivity contribution is 5.85. The van der Waals surface area contributed by atoms with Crippen LogP contribution >= 0.6 is 0 Å². The molecule has 1 fully saturated rings. The fraction of sp³-hybridized carbons (Fsp3) is 0.333. The number of hydrogen-bond donors (Lipinski definition) is 1. The lowest BCUT2D eigenvalue weighted by molar-refractivity contribution is -0.129. The maximum absolute atomic E-state index is 14.3. The highest BCUT2D eigenvalue weighted by Gasteiger charge is 2.25. The molecule has 9 heteroatoms. The van der Waals surface area contributed by atoms with Gasteiger partial charge >= 0.3 is 0 Å². The normalized spacial score (nSPS) is 15.3. The molecule has 0 saturated carbocycles. The van der Waals surface area contributed by atoms with Gasteiger partial charge in [0, 0.05) is 55.8 Å². The van der Waals surface area contributed by atoms with E-state index in [9.17, 15) is 9.18 Å². The van der Waals surface area contributed by atoms with E-state index in [4.69, 9.17) is 4.98 Å². The Morgan fingerprint density at radius 2 is 1.97 bits per heavy atom. The van der Waals surface area contributed by atoms with E-state index >= 15 is 0 Å². The number of piperazine rings is 1. The number of amides is 1. The lowest BCUT2D eigenvalue weighted by Gasteiger charge is -2.36. The second-order valence-electron chi connectivity index (χ2n) is 8.45. The molecule has 1 aliphatic heterocycles. The number of aromatic nitrogens is 4. The fourth-order valence-corrected chi connectivity index (χ4v) is 4.43. The van der Waals surface area contributed by atoms with Crippen LogP contribution in [0.15, 0.2) is 42.9 Å². The van der Waals surface area contributed by atoms with E-state index in [1.165, 1.54) is 12.4 Å². The van der Waals surface area contributed by atoms with Crippen molar-refractivity contribution < 1.29 is 9.18 Å². The van der Waals surface area contributed by atoms with Crippen molar-refractivity contribution in [2.45, 2.75) is 26.8 Å². The number of anilines is 2. The number of rotatable bonds is 4. The van der Waals surface area contributed by atoms with E-state index in [0.717, 1.165) is 28.1 Å². The van der Waals surface area contributed by atoms with Crippen molar-refractivity contribution in [2.75, 3.05) is 36.4 Å². The average molecular weight is 448 g/mol. The standard InChI is InChI=1S/C24H26FN7O/c1-15-20(25)7-6-18-13-19(16(2)28-23-21-5-4-8-32(21)27-14-26-23)24(29-22(15)18)31-11-9-30(10-12-31)17(3)33/h4-8,13-14,16H,9-12H2,1-3H3,(H,26,27,28)/t16-/m0/s1. The predicted molar refractivity (Wildman–Crippen MR) is 126 cm³/mol. The van der Waals surface area contributed by atoms with E-state index in [2.05, 4.69) is 33.3 Å². The summed E-state index contributed by atoms with van der Waals surface area (Å²) in [5.74, 6) is 1.34. The molecule has 33 heavy (non-hydrogen) atoms. The van der Waals surface area contributed by atoms with Crippen molar-refractivity contribution in [1.29, 1.82) is 0 Å². The molecular formula is C24H26FN7O. The number of carbonyl (C=O) groups is 1. The van der Waals surface area contributed by atoms with Gasteiger partial charge in [0.25, 0.3) is 0 Å². The Morgan fingerprint density at radius 3 is 2.73 bits per heavy atom. The summed E-state index contributed by atoms with van der Waals surface area (Å²) >= 11 is 0. The molecule has 0 spiro atoms. The van der Waals surface area contributed by atoms with Crippen LogP contribution in [0.1, 0.15) is 31.0 Å². The van der Waals surface area contributed by atoms with Gasteiger partial charge in [-0.1, -0.05) is 0 Å². The van der Waals surface area contributed by atoms with Crippen LogP contribution in [0.3, 0.4) is 0 Å². The first kappa shape index (κ1) is 21.1. The lowest BCUT2D eigenvalue weighted by Crippen LogP contribution is -2.48. The van der Waals surface area contributed by atoms with Gasteiger partial charge in [-0.05, 0) is 44.2 Å². The molecule has 0 aliphatic carbocycles. The number of fused-ring (bicyclic) bond motifs is 2. The molecule has 1 aromatic carbocycles. The summed E-state index contributed by atoms with van der Waals surface area (Å²) in [6.07, 6.45) is 3.40. The third kappa shape index (κ3) is 3.83. The van der Waals surface area contributed by atoms with E-state index in [-0.39, 0.29) is 17.8 Å². The van der Waals surface area contributed by atoms with Gasteiger partial charge in [0.15, 0.2) is 5.82 Å². The Morgan fingerprint density at radius 1 is 1.18 bits per heavy atom. The Bertz CT molecular complexity index is 1340. The molecule has 170 valence electrons. The molecule has 0 radical (unpaired) electrons. The second kappa shape index (κ2) is 8.31. The molecule has 1 atom stereocenters. The van der Waals surface area contributed by atoms with E-state index < -0.39 is 0 Å². The third-order valence-corrected chi connectivity index (χ3v) is 6.36. The minimum Gasteiger partial charge on any atom is -0.362 e. The minimum absolute atomic E-state index is 0.0780. The minimum atomic E-state index is -0.266. The molecule has 1 N–H and O–H groups in total. The van der Waals surface area contributed by atoms with Crippen LogP contribution in [-0.4, -0.2) is 56.6 Å². The summed E-state index contributed by atoms with van der Waals surface area (Å²) in [5.41, 5.74) is 3.07. The van der Waals surface area contributed by atoms with Crippen LogP contribution in [0.4, 0.5) is 16.0 Å². The Hall–Kier alpha value is -3.75. The SMILES string of the molecule is CC(=O)N1CCN(c2nc3c(C)c(F)ccc3cc2[C@H](C)Nc2ncnn3cccc23)CC1. The van der Waals surface area contributed by atoms with Gasteiger partial charge in [0.05, 0.1) is 11.6 Å². The predicted octanol–water partition coefficient (Wildman–Crippen LogP) is 3.57. The van der Waals surface area contributed by atoms with E-state index in [1.807, 2.05) is 23.2 Å². The summed E-state index contributed by atoms with van der Waals surface area (Å²) in [4.78, 5) is 25.2.